The van der Waals surface area contributed by atoms with Crippen molar-refractivity contribution >= 4 is 11.9 Å². The third kappa shape index (κ3) is 1.68. The van der Waals surface area contributed by atoms with Crippen LogP contribution in [0, 0.1) is 17.3 Å². The zero-order valence-corrected chi connectivity index (χ0v) is 11.7. The first-order chi connectivity index (χ1) is 10.1. The summed E-state index contributed by atoms with van der Waals surface area (Å²) in [6.07, 6.45) is 5.92. The number of carbonyl (C=O) groups excluding carboxylic acids is 1. The molecule has 4 rings (SSSR count). The van der Waals surface area contributed by atoms with Crippen LogP contribution in [0.5, 0.6) is 0 Å². The van der Waals surface area contributed by atoms with Crippen LogP contribution in [0.4, 0.5) is 0 Å². The molecule has 1 N–H and O–H groups in total. The van der Waals surface area contributed by atoms with Crippen molar-refractivity contribution in [1.82, 2.24) is 0 Å². The number of aromatic carboxylic acids is 1. The van der Waals surface area contributed by atoms with Crippen LogP contribution in [0.2, 0.25) is 0 Å². The maximum absolute atomic E-state index is 12.3. The van der Waals surface area contributed by atoms with Gasteiger partial charge in [0.2, 0.25) is 0 Å². The highest BCUT2D eigenvalue weighted by molar-refractivity contribution is 6.02. The average molecular weight is 286 g/mol. The van der Waals surface area contributed by atoms with Crippen molar-refractivity contribution in [3.63, 3.8) is 0 Å². The second kappa shape index (κ2) is 4.33. The number of carboxylic acids is 1. The molecule has 0 radical (unpaired) electrons. The minimum absolute atomic E-state index is 0.0133. The van der Waals surface area contributed by atoms with Crippen LogP contribution in [0.25, 0.3) is 0 Å². The molecule has 0 amide bonds. The maximum Gasteiger partial charge on any atom is 0.339 e. The van der Waals surface area contributed by atoms with Crippen LogP contribution in [0.3, 0.4) is 0 Å². The monoisotopic (exact) mass is 286 g/mol. The topological polar surface area (TPSA) is 63.6 Å². The predicted molar refractivity (Wildman–Crippen MR) is 75.1 cm³/mol. The van der Waals surface area contributed by atoms with Gasteiger partial charge in [-0.1, -0.05) is 12.1 Å². The van der Waals surface area contributed by atoms with Crippen molar-refractivity contribution in [2.45, 2.75) is 38.2 Å². The van der Waals surface area contributed by atoms with E-state index in [9.17, 15) is 9.59 Å². The lowest BCUT2D eigenvalue weighted by atomic mass is 9.48. The summed E-state index contributed by atoms with van der Waals surface area (Å²) in [6, 6.07) is 6.27. The van der Waals surface area contributed by atoms with Crippen molar-refractivity contribution in [2.75, 3.05) is 0 Å². The third-order valence-electron chi connectivity index (χ3n) is 6.03. The first-order valence-corrected chi connectivity index (χ1v) is 7.65. The van der Waals surface area contributed by atoms with Crippen LogP contribution < -0.4 is 0 Å². The Hall–Kier alpha value is -1.84. The van der Waals surface area contributed by atoms with Gasteiger partial charge in [-0.15, -0.1) is 0 Å². The van der Waals surface area contributed by atoms with E-state index >= 15 is 0 Å². The summed E-state index contributed by atoms with van der Waals surface area (Å²) < 4.78 is 5.70. The van der Waals surface area contributed by atoms with Gasteiger partial charge in [0.25, 0.3) is 0 Å². The maximum atomic E-state index is 12.3. The molecule has 0 bridgehead atoms. The van der Waals surface area contributed by atoms with Gasteiger partial charge in [-0.2, -0.15) is 0 Å². The van der Waals surface area contributed by atoms with E-state index in [0.717, 1.165) is 18.8 Å². The molecule has 3 aliphatic rings. The largest absolute Gasteiger partial charge is 0.478 e. The lowest BCUT2D eigenvalue weighted by molar-refractivity contribution is -0.0874. The molecule has 4 heteroatoms. The van der Waals surface area contributed by atoms with Crippen LogP contribution in [-0.4, -0.2) is 23.1 Å². The summed E-state index contributed by atoms with van der Waals surface area (Å²) in [5.74, 6) is -0.337. The molecule has 110 valence electrons. The predicted octanol–water partition coefficient (Wildman–Crippen LogP) is 3.12. The molecule has 4 nitrogen and oxygen atoms in total. The Morgan fingerprint density at radius 1 is 1.14 bits per heavy atom. The number of hydrogen-bond donors (Lipinski definition) is 1. The van der Waals surface area contributed by atoms with E-state index in [-0.39, 0.29) is 17.2 Å². The van der Waals surface area contributed by atoms with Crippen LogP contribution in [0.15, 0.2) is 24.3 Å². The van der Waals surface area contributed by atoms with Crippen molar-refractivity contribution in [3.8, 4) is 0 Å². The van der Waals surface area contributed by atoms with E-state index in [2.05, 4.69) is 0 Å². The molecule has 0 heterocycles. The summed E-state index contributed by atoms with van der Waals surface area (Å²) in [7, 11) is 0. The van der Waals surface area contributed by atoms with E-state index in [4.69, 9.17) is 9.84 Å². The van der Waals surface area contributed by atoms with Gasteiger partial charge < -0.3 is 9.84 Å². The second-order valence-electron chi connectivity index (χ2n) is 6.64. The van der Waals surface area contributed by atoms with Gasteiger partial charge in [0.1, 0.15) is 6.10 Å². The molecule has 1 spiro atoms. The minimum Gasteiger partial charge on any atom is -0.478 e. The molecule has 3 aliphatic carbocycles. The Kier molecular flexibility index (Phi) is 2.65. The number of carboxylic acid groups (broad SMARTS) is 1. The minimum atomic E-state index is -1.09. The number of hydrogen-bond acceptors (Lipinski definition) is 3. The van der Waals surface area contributed by atoms with Crippen LogP contribution in [-0.2, 0) is 4.74 Å². The van der Waals surface area contributed by atoms with Crippen molar-refractivity contribution in [2.24, 2.45) is 17.3 Å². The van der Waals surface area contributed by atoms with Gasteiger partial charge in [-0.05, 0) is 55.6 Å². The Balaban J connectivity index is 1.53. The summed E-state index contributed by atoms with van der Waals surface area (Å²) in [4.78, 5) is 23.5. The summed E-state index contributed by atoms with van der Waals surface area (Å²) in [5.41, 5.74) is 0.654. The Morgan fingerprint density at radius 3 is 2.38 bits per heavy atom. The Morgan fingerprint density at radius 2 is 1.86 bits per heavy atom. The lowest BCUT2D eigenvalue weighted by Gasteiger charge is -2.56. The van der Waals surface area contributed by atoms with Crippen LogP contribution in [0.1, 0.15) is 52.8 Å². The average Bonchev–Trinajstić information content (AvgIpc) is 2.54. The zero-order valence-electron chi connectivity index (χ0n) is 11.7. The molecule has 21 heavy (non-hydrogen) atoms. The van der Waals surface area contributed by atoms with Crippen molar-refractivity contribution in [1.29, 1.82) is 0 Å². The number of ether oxygens (including phenoxy) is 1. The number of benzene rings is 1. The highest BCUT2D eigenvalue weighted by atomic mass is 16.5. The fourth-order valence-corrected chi connectivity index (χ4v) is 4.75. The molecule has 1 aromatic carbocycles. The molecule has 0 aromatic heterocycles. The van der Waals surface area contributed by atoms with E-state index in [1.807, 2.05) is 0 Å². The SMILES string of the molecule is O=C(O)c1ccccc1C(=O)O[C@@H]1C[C@H]2CC[C@]23CC[C@H]13. The zero-order chi connectivity index (χ0) is 14.6. The molecule has 0 saturated heterocycles. The third-order valence-corrected chi connectivity index (χ3v) is 6.03. The summed E-state index contributed by atoms with van der Waals surface area (Å²) >= 11 is 0. The van der Waals surface area contributed by atoms with Gasteiger partial charge in [-0.3, -0.25) is 0 Å². The Labute approximate surface area is 123 Å². The van der Waals surface area contributed by atoms with E-state index in [1.165, 1.54) is 31.4 Å². The molecule has 3 saturated carbocycles. The smallest absolute Gasteiger partial charge is 0.339 e. The fraction of sp³-hybridized carbons (Fsp3) is 0.529. The van der Waals surface area contributed by atoms with Gasteiger partial charge in [0.05, 0.1) is 11.1 Å². The molecule has 0 unspecified atom stereocenters. The Bertz CT molecular complexity index is 619. The van der Waals surface area contributed by atoms with Crippen LogP contribution >= 0.6 is 0 Å². The van der Waals surface area contributed by atoms with Crippen molar-refractivity contribution in [3.05, 3.63) is 35.4 Å². The molecule has 1 aromatic rings. The fourth-order valence-electron chi connectivity index (χ4n) is 4.75. The first-order valence-electron chi connectivity index (χ1n) is 7.65. The number of rotatable bonds is 3. The number of carbonyl (C=O) groups is 2. The second-order valence-corrected chi connectivity index (χ2v) is 6.64. The van der Waals surface area contributed by atoms with E-state index < -0.39 is 11.9 Å². The van der Waals surface area contributed by atoms with Gasteiger partial charge in [-0.25, -0.2) is 9.59 Å². The molecule has 4 atom stereocenters. The highest BCUT2D eigenvalue weighted by Gasteiger charge is 2.65. The molecular weight excluding hydrogens is 268 g/mol. The molecule has 3 fully saturated rings. The first kappa shape index (κ1) is 12.9. The van der Waals surface area contributed by atoms with Gasteiger partial charge >= 0.3 is 11.9 Å². The quantitative estimate of drug-likeness (QED) is 0.867. The normalized spacial score (nSPS) is 35.9. The van der Waals surface area contributed by atoms with E-state index in [0.29, 0.717) is 11.3 Å². The molecule has 0 aliphatic heterocycles. The van der Waals surface area contributed by atoms with Gasteiger partial charge in [0, 0.05) is 5.92 Å². The number of esters is 1. The molecular formula is C17H18O4. The van der Waals surface area contributed by atoms with Crippen molar-refractivity contribution < 1.29 is 19.4 Å². The highest BCUT2D eigenvalue weighted by Crippen LogP contribution is 2.70. The van der Waals surface area contributed by atoms with Gasteiger partial charge in [0.15, 0.2) is 0 Å². The van der Waals surface area contributed by atoms with E-state index in [1.54, 1.807) is 12.1 Å². The summed E-state index contributed by atoms with van der Waals surface area (Å²) in [5, 5.41) is 9.17. The summed E-state index contributed by atoms with van der Waals surface area (Å²) in [6.45, 7) is 0. The standard InChI is InChI=1S/C17H18O4/c18-15(19)11-3-1-2-4-12(11)16(20)21-14-9-10-5-7-17(10)8-6-13(14)17/h1-4,10,13-14H,5-9H2,(H,18,19)/t10-,13-,14-,17+/m1/s1. The lowest BCUT2D eigenvalue weighted by Crippen LogP contribution is -2.49.